The molecule has 5 rings (SSSR count). The monoisotopic (exact) mass is 760 g/mol. The average Bonchev–Trinajstić information content (AvgIpc) is 3.47. The van der Waals surface area contributed by atoms with Gasteiger partial charge in [-0.05, 0) is 117 Å². The normalized spacial score (nSPS) is 21.8. The van der Waals surface area contributed by atoms with Gasteiger partial charge in [-0.25, -0.2) is 9.59 Å². The molecule has 0 atom stereocenters. The van der Waals surface area contributed by atoms with Gasteiger partial charge in [0.1, 0.15) is 0 Å². The van der Waals surface area contributed by atoms with Gasteiger partial charge in [0, 0.05) is 15.6 Å². The number of esters is 2. The van der Waals surface area contributed by atoms with E-state index in [9.17, 15) is 9.59 Å². The molecule has 0 aliphatic carbocycles. The molecule has 0 unspecified atom stereocenters. The van der Waals surface area contributed by atoms with Gasteiger partial charge in [-0.15, -0.1) is 0 Å². The van der Waals surface area contributed by atoms with Gasteiger partial charge in [0.15, 0.2) is 0 Å². The van der Waals surface area contributed by atoms with Crippen LogP contribution in [0.3, 0.4) is 0 Å². The Hall–Kier alpha value is -2.59. The number of halogens is 1. The molecule has 12 nitrogen and oxygen atoms in total. The first kappa shape index (κ1) is 41.8. The lowest BCUT2D eigenvalue weighted by atomic mass is 9.49. The van der Waals surface area contributed by atoms with Crippen molar-refractivity contribution in [1.29, 1.82) is 0 Å². The van der Waals surface area contributed by atoms with Crippen LogP contribution < -0.4 is 16.9 Å². The molecule has 3 saturated heterocycles. The number of anilines is 2. The van der Waals surface area contributed by atoms with Gasteiger partial charge in [0.05, 0.1) is 64.6 Å². The molecule has 0 radical (unpaired) electrons. The number of nitrogens with two attached hydrogens (primary N) is 2. The minimum Gasteiger partial charge on any atom is -0.465 e. The highest BCUT2D eigenvalue weighted by atomic mass is 79.9. The topological polar surface area (TPSA) is 160 Å². The van der Waals surface area contributed by atoms with Gasteiger partial charge in [0.2, 0.25) is 0 Å². The highest BCUT2D eigenvalue weighted by Gasteiger charge is 2.63. The van der Waals surface area contributed by atoms with E-state index in [2.05, 4.69) is 20.7 Å². The largest absolute Gasteiger partial charge is 0.496 e. The number of ether oxygens (including phenoxy) is 2. The number of benzene rings is 2. The molecule has 3 fully saturated rings. The van der Waals surface area contributed by atoms with Gasteiger partial charge in [-0.1, -0.05) is 18.2 Å². The molecule has 3 aliphatic heterocycles. The molecule has 16 heteroatoms. The zero-order valence-corrected chi connectivity index (χ0v) is 33.4. The molecule has 3 aliphatic rings. The zero-order chi connectivity index (χ0) is 38.3. The van der Waals surface area contributed by atoms with Crippen molar-refractivity contribution in [2.24, 2.45) is 0 Å². The molecule has 3 heterocycles. The van der Waals surface area contributed by atoms with Crippen LogP contribution in [0.15, 0.2) is 40.9 Å². The van der Waals surface area contributed by atoms with Crippen molar-refractivity contribution in [1.82, 2.24) is 0 Å². The summed E-state index contributed by atoms with van der Waals surface area (Å²) in [4.78, 5) is 22.7. The number of nitrogen functional groups attached to an aromatic ring is 2. The number of hydrogen-bond donors (Lipinski definition) is 2. The quantitative estimate of drug-likeness (QED) is 0.232. The Kier molecular flexibility index (Phi) is 12.4. The molecule has 50 heavy (non-hydrogen) atoms. The van der Waals surface area contributed by atoms with Gasteiger partial charge in [-0.2, -0.15) is 0 Å². The van der Waals surface area contributed by atoms with Crippen LogP contribution >= 0.6 is 15.9 Å². The molecule has 274 valence electrons. The van der Waals surface area contributed by atoms with Crippen LogP contribution in [-0.4, -0.2) is 80.9 Å². The number of hydrogen-bond acceptors (Lipinski definition) is 12. The van der Waals surface area contributed by atoms with Gasteiger partial charge < -0.3 is 48.9 Å². The fourth-order valence-electron chi connectivity index (χ4n) is 4.87. The summed E-state index contributed by atoms with van der Waals surface area (Å²) in [6.07, 6.45) is 0. The summed E-state index contributed by atoms with van der Waals surface area (Å²) in [6.45, 7) is 24.1. The summed E-state index contributed by atoms with van der Waals surface area (Å²) in [6, 6.07) is 10.3. The second-order valence-electron chi connectivity index (χ2n) is 15.3. The van der Waals surface area contributed by atoms with Crippen LogP contribution in [0.5, 0.6) is 0 Å². The second kappa shape index (κ2) is 14.8. The van der Waals surface area contributed by atoms with Crippen molar-refractivity contribution in [3.63, 3.8) is 0 Å². The summed E-state index contributed by atoms with van der Waals surface area (Å²) in [7, 11) is 1.10. The lowest BCUT2D eigenvalue weighted by Crippen LogP contribution is -2.41. The zero-order valence-electron chi connectivity index (χ0n) is 31.8. The summed E-state index contributed by atoms with van der Waals surface area (Å²) in [5, 5.41) is 0. The molecular weight excluding hydrogens is 709 g/mol. The van der Waals surface area contributed by atoms with Crippen molar-refractivity contribution in [2.45, 2.75) is 117 Å². The first-order chi connectivity index (χ1) is 22.7. The smallest absolute Gasteiger partial charge is 0.465 e. The van der Waals surface area contributed by atoms with Crippen molar-refractivity contribution < 1.29 is 47.0 Å². The maximum atomic E-state index is 11.7. The van der Waals surface area contributed by atoms with E-state index in [4.69, 9.17) is 44.1 Å². The van der Waals surface area contributed by atoms with Crippen LogP contribution in [0.2, 0.25) is 0 Å². The number of carbonyl (C=O) groups is 2. The summed E-state index contributed by atoms with van der Waals surface area (Å²) in [5.41, 5.74) is 11.4. The van der Waals surface area contributed by atoms with E-state index in [1.54, 1.807) is 36.4 Å². The molecular formula is C34H52B3BrN2O10. The molecule has 2 aromatic rings. The predicted molar refractivity (Wildman–Crippen MR) is 200 cm³/mol. The lowest BCUT2D eigenvalue weighted by Gasteiger charge is -2.32. The van der Waals surface area contributed by atoms with E-state index in [1.807, 2.05) is 83.1 Å². The van der Waals surface area contributed by atoms with E-state index in [0.717, 1.165) is 0 Å². The van der Waals surface area contributed by atoms with E-state index in [1.165, 1.54) is 14.2 Å². The van der Waals surface area contributed by atoms with E-state index in [0.29, 0.717) is 32.4 Å². The standard InChI is InChI=1S/C14H20BNO4.C12H24B2O4.C8H8BrNO2/c1-13(2)14(3,4)20-15(19-13)10-8-6-7-9(11(10)16)12(17)18-5;1-9(2)10(3,4)16-13(15-9)14-17-11(5,6)12(7,8)18-14;1-12-8(11)5-3-2-4-6(9)7(5)10/h6-8H,16H2,1-5H3;1-8H3;2-4H,10H2,1H3. The first-order valence-corrected chi connectivity index (χ1v) is 17.2. The van der Waals surface area contributed by atoms with Crippen LogP contribution in [0.4, 0.5) is 11.4 Å². The van der Waals surface area contributed by atoms with Gasteiger partial charge in [0.25, 0.3) is 0 Å². The molecule has 2 aromatic carbocycles. The Bertz CT molecular complexity index is 1490. The Morgan fingerprint density at radius 1 is 0.560 bits per heavy atom. The Labute approximate surface area is 306 Å². The van der Waals surface area contributed by atoms with Gasteiger partial charge in [-0.3, -0.25) is 0 Å². The van der Waals surface area contributed by atoms with Gasteiger partial charge >= 0.3 is 33.1 Å². The number of carbonyl (C=O) groups excluding carboxylic acids is 2. The molecule has 4 N–H and O–H groups in total. The van der Waals surface area contributed by atoms with E-state index < -0.39 is 44.3 Å². The molecule has 0 spiro atoms. The Morgan fingerprint density at radius 2 is 0.880 bits per heavy atom. The minimum absolute atomic E-state index is 0.319. The summed E-state index contributed by atoms with van der Waals surface area (Å²) >= 11 is 3.21. The predicted octanol–water partition coefficient (Wildman–Crippen LogP) is 5.42. The van der Waals surface area contributed by atoms with E-state index in [-0.39, 0.29) is 22.4 Å². The minimum atomic E-state index is -0.593. The molecule has 0 saturated carbocycles. The fourth-order valence-corrected chi connectivity index (χ4v) is 5.24. The van der Waals surface area contributed by atoms with Crippen molar-refractivity contribution in [2.75, 3.05) is 25.7 Å². The van der Waals surface area contributed by atoms with Crippen molar-refractivity contribution in [3.05, 3.63) is 52.0 Å². The first-order valence-electron chi connectivity index (χ1n) is 16.4. The van der Waals surface area contributed by atoms with Crippen LogP contribution in [-0.2, 0) is 37.4 Å². The number of rotatable bonds is 4. The van der Waals surface area contributed by atoms with Crippen LogP contribution in [0, 0.1) is 0 Å². The number of methoxy groups -OCH3 is 2. The SMILES string of the molecule is CC1(C)OB(B2OC(C)(C)C(C)(C)O2)OC1(C)C.COC(=O)c1cccc(B2OC(C)(C)C(C)(C)O2)c1N.COC(=O)c1cccc(Br)c1N. The number of para-hydroxylation sites is 2. The molecule has 0 amide bonds. The maximum Gasteiger partial charge on any atom is 0.496 e. The third kappa shape index (κ3) is 8.54. The third-order valence-electron chi connectivity index (χ3n) is 10.3. The highest BCUT2D eigenvalue weighted by molar-refractivity contribution is 9.10. The summed E-state index contributed by atoms with van der Waals surface area (Å²) < 4.78 is 45.7. The molecule has 0 bridgehead atoms. The molecule has 0 aromatic heterocycles. The fraction of sp³-hybridized carbons (Fsp3) is 0.588. The Balaban J connectivity index is 0.000000209. The van der Waals surface area contributed by atoms with E-state index >= 15 is 0 Å². The summed E-state index contributed by atoms with van der Waals surface area (Å²) in [5.74, 6) is -0.894. The van der Waals surface area contributed by atoms with Crippen molar-refractivity contribution in [3.8, 4) is 0 Å². The van der Waals surface area contributed by atoms with Crippen molar-refractivity contribution >= 4 is 65.8 Å². The maximum absolute atomic E-state index is 11.7. The lowest BCUT2D eigenvalue weighted by molar-refractivity contribution is 0.00578. The highest BCUT2D eigenvalue weighted by Crippen LogP contribution is 2.43. The average molecular weight is 761 g/mol. The van der Waals surface area contributed by atoms with Crippen LogP contribution in [0.1, 0.15) is 104 Å². The Morgan fingerprint density at radius 3 is 1.24 bits per heavy atom. The third-order valence-corrected chi connectivity index (χ3v) is 11.0. The second-order valence-corrected chi connectivity index (χ2v) is 16.2. The van der Waals surface area contributed by atoms with Crippen LogP contribution in [0.25, 0.3) is 0 Å².